The third-order valence-electron chi connectivity index (χ3n) is 3.31. The minimum atomic E-state index is -0.187. The summed E-state index contributed by atoms with van der Waals surface area (Å²) in [5, 5.41) is 3.34. The fraction of sp³-hybridized carbons (Fsp3) is 0.500. The normalized spacial score (nSPS) is 17.4. The second-order valence-corrected chi connectivity index (χ2v) is 4.74. The predicted molar refractivity (Wildman–Crippen MR) is 65.1 cm³/mol. The molecule has 0 bridgehead atoms. The number of nitrogens with one attached hydrogen (secondary N) is 1. The van der Waals surface area contributed by atoms with Crippen LogP contribution in [0.25, 0.3) is 0 Å². The van der Waals surface area contributed by atoms with Crippen LogP contribution in [0.5, 0.6) is 0 Å². The van der Waals surface area contributed by atoms with Gasteiger partial charge in [0.15, 0.2) is 0 Å². The Balaban J connectivity index is 1.71. The average molecular weight is 235 g/mol. The quantitative estimate of drug-likeness (QED) is 0.869. The predicted octanol–water partition coefficient (Wildman–Crippen LogP) is 2.67. The van der Waals surface area contributed by atoms with Crippen LogP contribution in [0.2, 0.25) is 0 Å². The highest BCUT2D eigenvalue weighted by Crippen LogP contribution is 2.20. The Kier molecular flexibility index (Phi) is 4.26. The van der Waals surface area contributed by atoms with Crippen molar-refractivity contribution in [2.75, 3.05) is 6.54 Å². The molecule has 2 nitrogen and oxygen atoms in total. The molecule has 1 N–H and O–H groups in total. The Hall–Kier alpha value is -1.22. The van der Waals surface area contributed by atoms with E-state index in [4.69, 9.17) is 0 Å². The first kappa shape index (κ1) is 12.2. The van der Waals surface area contributed by atoms with Gasteiger partial charge in [-0.3, -0.25) is 4.79 Å². The zero-order valence-corrected chi connectivity index (χ0v) is 9.92. The summed E-state index contributed by atoms with van der Waals surface area (Å²) in [7, 11) is 0. The third-order valence-corrected chi connectivity index (χ3v) is 3.31. The van der Waals surface area contributed by atoms with E-state index in [-0.39, 0.29) is 5.82 Å². The van der Waals surface area contributed by atoms with Crippen LogP contribution in [0.3, 0.4) is 0 Å². The molecule has 0 atom stereocenters. The van der Waals surface area contributed by atoms with Crippen LogP contribution in [0.15, 0.2) is 24.3 Å². The molecule has 2 rings (SSSR count). The van der Waals surface area contributed by atoms with E-state index >= 15 is 0 Å². The lowest BCUT2D eigenvalue weighted by Crippen LogP contribution is -2.26. The molecule has 92 valence electrons. The minimum Gasteiger partial charge on any atom is -0.312 e. The van der Waals surface area contributed by atoms with Crippen LogP contribution < -0.4 is 5.32 Å². The number of Topliss-reactive ketones (excluding diaryl/α,β-unsaturated/α-hetero) is 1. The molecule has 0 aliphatic heterocycles. The molecular weight excluding hydrogens is 217 g/mol. The van der Waals surface area contributed by atoms with Gasteiger partial charge in [-0.15, -0.1) is 0 Å². The highest BCUT2D eigenvalue weighted by Gasteiger charge is 2.17. The Morgan fingerprint density at radius 2 is 2.06 bits per heavy atom. The van der Waals surface area contributed by atoms with Crippen LogP contribution in [0.4, 0.5) is 4.39 Å². The van der Waals surface area contributed by atoms with E-state index < -0.39 is 0 Å². The molecule has 1 saturated carbocycles. The maximum Gasteiger partial charge on any atom is 0.132 e. The van der Waals surface area contributed by atoms with Gasteiger partial charge >= 0.3 is 0 Å². The molecule has 1 aromatic carbocycles. The first-order valence-corrected chi connectivity index (χ1v) is 6.21. The molecule has 0 amide bonds. The molecule has 0 saturated heterocycles. The number of hydrogen-bond acceptors (Lipinski definition) is 2. The van der Waals surface area contributed by atoms with Crippen molar-refractivity contribution in [3.63, 3.8) is 0 Å². The van der Waals surface area contributed by atoms with Crippen molar-refractivity contribution in [1.29, 1.82) is 0 Å². The maximum atomic E-state index is 12.9. The summed E-state index contributed by atoms with van der Waals surface area (Å²) in [5.74, 6) is 0.806. The zero-order chi connectivity index (χ0) is 12.1. The van der Waals surface area contributed by atoms with Crippen molar-refractivity contribution in [3.8, 4) is 0 Å². The molecule has 0 radical (unpaired) electrons. The summed E-state index contributed by atoms with van der Waals surface area (Å²) in [6.07, 6.45) is 3.45. The lowest BCUT2D eigenvalue weighted by atomic mass is 9.88. The summed E-state index contributed by atoms with van der Waals surface area (Å²) in [5.41, 5.74) is 0.969. The van der Waals surface area contributed by atoms with Gasteiger partial charge in [-0.1, -0.05) is 12.1 Å². The van der Waals surface area contributed by atoms with Crippen LogP contribution in [0, 0.1) is 11.7 Å². The first-order chi connectivity index (χ1) is 8.24. The Morgan fingerprint density at radius 1 is 1.29 bits per heavy atom. The lowest BCUT2D eigenvalue weighted by Gasteiger charge is -2.21. The van der Waals surface area contributed by atoms with Gasteiger partial charge < -0.3 is 5.32 Å². The van der Waals surface area contributed by atoms with Crippen molar-refractivity contribution >= 4 is 5.78 Å². The summed E-state index contributed by atoms with van der Waals surface area (Å²) in [4.78, 5) is 11.1. The molecular formula is C14H18FNO. The average Bonchev–Trinajstić information content (AvgIpc) is 2.32. The van der Waals surface area contributed by atoms with Gasteiger partial charge in [0.2, 0.25) is 0 Å². The molecule has 1 aliphatic rings. The second kappa shape index (κ2) is 5.92. The number of carbonyl (C=O) groups is 1. The van der Waals surface area contributed by atoms with Crippen molar-refractivity contribution in [2.24, 2.45) is 5.92 Å². The molecule has 3 heteroatoms. The number of halogens is 1. The Bertz CT molecular complexity index is 382. The van der Waals surface area contributed by atoms with Gasteiger partial charge in [-0.2, -0.15) is 0 Å². The maximum absolute atomic E-state index is 12.9. The van der Waals surface area contributed by atoms with E-state index in [9.17, 15) is 9.18 Å². The Morgan fingerprint density at radius 3 is 2.76 bits per heavy atom. The summed E-state index contributed by atoms with van der Waals surface area (Å²) in [6, 6.07) is 6.65. The highest BCUT2D eigenvalue weighted by atomic mass is 19.1. The van der Waals surface area contributed by atoms with Crippen molar-refractivity contribution in [3.05, 3.63) is 35.6 Å². The van der Waals surface area contributed by atoms with Crippen molar-refractivity contribution in [2.45, 2.75) is 32.2 Å². The molecule has 0 aromatic heterocycles. The Labute approximate surface area is 101 Å². The lowest BCUT2D eigenvalue weighted by molar-refractivity contribution is -0.120. The SMILES string of the molecule is O=C1CCC(CNCc2cccc(F)c2)CC1. The monoisotopic (exact) mass is 235 g/mol. The summed E-state index contributed by atoms with van der Waals surface area (Å²) in [6.45, 7) is 1.62. The van der Waals surface area contributed by atoms with Gasteiger partial charge in [-0.05, 0) is 43.0 Å². The van der Waals surface area contributed by atoms with E-state index in [1.165, 1.54) is 6.07 Å². The van der Waals surface area contributed by atoms with E-state index in [2.05, 4.69) is 5.32 Å². The van der Waals surface area contributed by atoms with E-state index in [1.807, 2.05) is 6.07 Å². The topological polar surface area (TPSA) is 29.1 Å². The highest BCUT2D eigenvalue weighted by molar-refractivity contribution is 5.79. The molecule has 0 spiro atoms. The van der Waals surface area contributed by atoms with Crippen LogP contribution in [-0.2, 0) is 11.3 Å². The van der Waals surface area contributed by atoms with Crippen LogP contribution in [-0.4, -0.2) is 12.3 Å². The van der Waals surface area contributed by atoms with Gasteiger partial charge in [0.1, 0.15) is 11.6 Å². The fourth-order valence-electron chi connectivity index (χ4n) is 2.27. The van der Waals surface area contributed by atoms with Crippen molar-refractivity contribution in [1.82, 2.24) is 5.32 Å². The van der Waals surface area contributed by atoms with Gasteiger partial charge in [0, 0.05) is 19.4 Å². The molecule has 17 heavy (non-hydrogen) atoms. The van der Waals surface area contributed by atoms with Gasteiger partial charge in [0.25, 0.3) is 0 Å². The molecule has 0 heterocycles. The number of benzene rings is 1. The number of rotatable bonds is 4. The molecule has 1 aliphatic carbocycles. The smallest absolute Gasteiger partial charge is 0.132 e. The molecule has 1 fully saturated rings. The van der Waals surface area contributed by atoms with Crippen LogP contribution in [0.1, 0.15) is 31.2 Å². The van der Waals surface area contributed by atoms with Crippen molar-refractivity contribution < 1.29 is 9.18 Å². The molecule has 1 aromatic rings. The van der Waals surface area contributed by atoms with E-state index in [1.54, 1.807) is 12.1 Å². The summed E-state index contributed by atoms with van der Waals surface area (Å²) < 4.78 is 12.9. The minimum absolute atomic E-state index is 0.187. The van der Waals surface area contributed by atoms with E-state index in [0.717, 1.165) is 37.8 Å². The van der Waals surface area contributed by atoms with Gasteiger partial charge in [-0.25, -0.2) is 4.39 Å². The zero-order valence-electron chi connectivity index (χ0n) is 9.92. The number of carbonyl (C=O) groups excluding carboxylic acids is 1. The van der Waals surface area contributed by atoms with E-state index in [0.29, 0.717) is 18.2 Å². The molecule has 0 unspecified atom stereocenters. The summed E-state index contributed by atoms with van der Waals surface area (Å²) >= 11 is 0. The second-order valence-electron chi connectivity index (χ2n) is 4.74. The third kappa shape index (κ3) is 3.93. The van der Waals surface area contributed by atoms with Gasteiger partial charge in [0.05, 0.1) is 0 Å². The fourth-order valence-corrected chi connectivity index (χ4v) is 2.27. The standard InChI is InChI=1S/C14H18FNO/c15-13-3-1-2-12(8-13)10-16-9-11-4-6-14(17)7-5-11/h1-3,8,11,16H,4-7,9-10H2. The largest absolute Gasteiger partial charge is 0.312 e. The number of ketones is 1. The number of hydrogen-bond donors (Lipinski definition) is 1. The first-order valence-electron chi connectivity index (χ1n) is 6.21. The van der Waals surface area contributed by atoms with Crippen LogP contribution >= 0.6 is 0 Å².